The molecule has 15 N–H and O–H groups in total. The van der Waals surface area contributed by atoms with E-state index in [1.807, 2.05) is 0 Å². The Morgan fingerprint density at radius 1 is 0.459 bits per heavy atom. The fourth-order valence-corrected chi connectivity index (χ4v) is 22.3. The lowest BCUT2D eigenvalue weighted by atomic mass is 9.43. The Bertz CT molecular complexity index is 2560. The van der Waals surface area contributed by atoms with E-state index in [9.17, 15) is 79.4 Å². The fourth-order valence-electron chi connectivity index (χ4n) is 21.7. The van der Waals surface area contributed by atoms with E-state index in [0.717, 1.165) is 0 Å². The molecule has 16 rings (SSSR count). The molecule has 0 radical (unpaired) electrons. The molecule has 16 aliphatic rings. The third-order valence-corrected chi connectivity index (χ3v) is 24.4. The van der Waals surface area contributed by atoms with Gasteiger partial charge in [0.15, 0.2) is 23.5 Å². The minimum absolute atomic E-state index is 0.0392. The molecule has 0 aromatic carbocycles. The molecule has 19 atom stereocenters. The molecule has 12 bridgehead atoms. The van der Waals surface area contributed by atoms with Crippen LogP contribution in [0.2, 0.25) is 0 Å². The van der Waals surface area contributed by atoms with Gasteiger partial charge in [-0.15, -0.1) is 0 Å². The summed E-state index contributed by atoms with van der Waals surface area (Å²) in [6, 6.07) is 0. The van der Waals surface area contributed by atoms with Crippen molar-refractivity contribution in [3.63, 3.8) is 0 Å². The maximum atomic E-state index is 18.3. The van der Waals surface area contributed by atoms with Crippen LogP contribution in [0.3, 0.4) is 0 Å². The van der Waals surface area contributed by atoms with E-state index in [-0.39, 0.29) is 111 Å². The first-order chi connectivity index (χ1) is 40.1. The summed E-state index contributed by atoms with van der Waals surface area (Å²) < 4.78 is 86.4. The summed E-state index contributed by atoms with van der Waals surface area (Å²) in [7, 11) is -6.39. The number of Topliss-reactive ketones (excluding diaryl/α,β-unsaturated/α-hetero) is 2. The predicted molar refractivity (Wildman–Crippen MR) is 278 cm³/mol. The van der Waals surface area contributed by atoms with Crippen LogP contribution >= 0.6 is 0 Å². The van der Waals surface area contributed by atoms with Crippen molar-refractivity contribution >= 4 is 27.9 Å². The topological polar surface area (TPSA) is 453 Å². The van der Waals surface area contributed by atoms with Crippen LogP contribution in [-0.2, 0) is 57.4 Å². The quantitative estimate of drug-likeness (QED) is 0.0487. The van der Waals surface area contributed by atoms with Gasteiger partial charge in [0.2, 0.25) is 5.60 Å². The molecule has 480 valence electrons. The normalized spacial score (nSPS) is 55.4. The van der Waals surface area contributed by atoms with Crippen molar-refractivity contribution in [1.29, 1.82) is 0 Å². The number of hydrogen-bond acceptors (Lipinski definition) is 26. The monoisotopic (exact) mass is 1230 g/mol. The molecule has 12 aliphatic carbocycles. The smallest absolute Gasteiger partial charge is 0.398 e. The van der Waals surface area contributed by atoms with Crippen molar-refractivity contribution in [1.82, 2.24) is 0 Å². The summed E-state index contributed by atoms with van der Waals surface area (Å²) in [4.78, 5) is 52.7. The van der Waals surface area contributed by atoms with Gasteiger partial charge < -0.3 is 99.9 Å². The minimum Gasteiger partial charge on any atom is -0.441 e. The van der Waals surface area contributed by atoms with Crippen LogP contribution < -0.4 is 0 Å². The number of aliphatic hydroxyl groups is 14. The average Bonchev–Trinajstić information content (AvgIpc) is 1.56. The maximum Gasteiger partial charge on any atom is 0.398 e. The highest BCUT2D eigenvalue weighted by Gasteiger charge is 2.95. The van der Waals surface area contributed by atoms with E-state index in [2.05, 4.69) is 0 Å². The second kappa shape index (κ2) is 21.2. The summed E-state index contributed by atoms with van der Waals surface area (Å²) in [5, 5.41) is 169. The summed E-state index contributed by atoms with van der Waals surface area (Å²) in [6.07, 6.45) is -36.1. The lowest BCUT2D eigenvalue weighted by molar-refractivity contribution is -0.458. The molecule has 4 unspecified atom stereocenters. The van der Waals surface area contributed by atoms with Crippen LogP contribution in [0.25, 0.3) is 0 Å². The van der Waals surface area contributed by atoms with Gasteiger partial charge in [-0.2, -0.15) is 8.42 Å². The van der Waals surface area contributed by atoms with Crippen LogP contribution in [0, 0.1) is 69.5 Å². The lowest BCUT2D eigenvalue weighted by Crippen LogP contribution is -2.89. The Morgan fingerprint density at radius 3 is 1.15 bits per heavy atom. The van der Waals surface area contributed by atoms with Gasteiger partial charge in [0.05, 0.1) is 31.8 Å². The van der Waals surface area contributed by atoms with Gasteiger partial charge in [0, 0.05) is 10.8 Å². The number of esters is 1. The Morgan fingerprint density at radius 2 is 0.800 bits per heavy atom. The van der Waals surface area contributed by atoms with E-state index < -0.39 is 191 Å². The van der Waals surface area contributed by atoms with Crippen LogP contribution in [-0.4, -0.2) is 249 Å². The third-order valence-electron chi connectivity index (χ3n) is 23.9. The zero-order valence-corrected chi connectivity index (χ0v) is 47.8. The van der Waals surface area contributed by atoms with Crippen LogP contribution in [0.4, 0.5) is 0 Å². The number of rotatable bonds is 17. The van der Waals surface area contributed by atoms with Crippen LogP contribution in [0.1, 0.15) is 116 Å². The van der Waals surface area contributed by atoms with Gasteiger partial charge in [0.1, 0.15) is 91.6 Å². The predicted octanol–water partition coefficient (Wildman–Crippen LogP) is -4.07. The molecule has 4 heterocycles. The Balaban J connectivity index is 1.18. The molecule has 16 fully saturated rings. The SMILES string of the molecule is O=C(O[C@]1(C(=O)C23CC4CC(CC(C4)C2)C3)C(O)(C(OC2O[C@H](CO)[C@@H](O)[C@H](O)[C@H]2O)(C2O[C@H](CO)[C@H](O)[C@H](O)[C@H]2O)C2O[C@H](CO)[C@H](O)[C@H](O)[C@H]2O)O[C@H](CO)[C@]1(OS(=O)(=O)O)C(=O)C12CC3CC(CC(C3)C1)C2)C12CC3CC(CC(C3)C1)C2. The van der Waals surface area contributed by atoms with Crippen molar-refractivity contribution in [2.45, 2.75) is 236 Å². The Labute approximate surface area is 489 Å². The first kappa shape index (κ1) is 61.8. The van der Waals surface area contributed by atoms with E-state index in [1.54, 1.807) is 0 Å². The molecule has 0 spiro atoms. The van der Waals surface area contributed by atoms with Crippen molar-refractivity contribution in [3.05, 3.63) is 0 Å². The van der Waals surface area contributed by atoms with Crippen molar-refractivity contribution in [2.24, 2.45) is 69.5 Å². The van der Waals surface area contributed by atoms with Gasteiger partial charge >= 0.3 is 16.4 Å². The highest BCUT2D eigenvalue weighted by atomic mass is 32.3. The molecule has 4 saturated heterocycles. The Kier molecular flexibility index (Phi) is 15.4. The van der Waals surface area contributed by atoms with E-state index in [1.165, 1.54) is 0 Å². The van der Waals surface area contributed by atoms with Gasteiger partial charge in [-0.25, -0.2) is 4.18 Å². The number of ether oxygens (including phenoxy) is 6. The van der Waals surface area contributed by atoms with Crippen LogP contribution in [0.15, 0.2) is 0 Å². The minimum atomic E-state index is -6.39. The molecule has 28 heteroatoms. The third kappa shape index (κ3) is 8.87. The van der Waals surface area contributed by atoms with Gasteiger partial charge in [-0.1, -0.05) is 0 Å². The van der Waals surface area contributed by atoms with Gasteiger partial charge in [-0.3, -0.25) is 18.9 Å². The van der Waals surface area contributed by atoms with E-state index in [4.69, 9.17) is 32.6 Å². The van der Waals surface area contributed by atoms with Crippen molar-refractivity contribution in [3.8, 4) is 0 Å². The zero-order valence-electron chi connectivity index (χ0n) is 47.0. The van der Waals surface area contributed by atoms with Gasteiger partial charge in [0.25, 0.3) is 11.4 Å². The van der Waals surface area contributed by atoms with E-state index >= 15 is 19.5 Å². The van der Waals surface area contributed by atoms with Crippen molar-refractivity contribution in [2.75, 3.05) is 26.4 Å². The lowest BCUT2D eigenvalue weighted by Gasteiger charge is -2.65. The molecule has 0 aromatic rings. The summed E-state index contributed by atoms with van der Waals surface area (Å²) in [5.41, 5.74) is -18.2. The molecule has 0 amide bonds. The summed E-state index contributed by atoms with van der Waals surface area (Å²) in [6.45, 7) is -5.60. The van der Waals surface area contributed by atoms with Crippen LogP contribution in [0.5, 0.6) is 0 Å². The number of hydrogen-bond donors (Lipinski definition) is 15. The molecule has 0 aromatic heterocycles. The standard InChI is InChI=1S/C57H84O27S/c58-19-32-36(62)39(65)42(68)45(78-32)55(46-43(69)40(66)37(63)33(20-59)79-46,82-47-44(70)41(67)38(64)34(21-60)80-47)57(74)56(49(72)52-13-26-4-27(14-52)6-28(5-26)15-52,83-50(73)53-16-29-7-30(17-53)9-31(8-29)18-53)54(35(22-61)81-57,84-85(75,76)77)48(71)51-10-23-1-24(11-51)3-25(2-23)12-51/h23-47,58-70,74H,1-22H2,(H,75,76,77)/t23?,24?,25?,26?,27?,28?,29?,30?,31?,32-,33-,34-,35-,36+,37+,38-,39+,40+,41+,42-,43-,44-,45?,46?,47?,51?,52?,53?,54+,55?,56+,57?/m1/s1. The molecule has 27 nitrogen and oxygen atoms in total. The highest BCUT2D eigenvalue weighted by Crippen LogP contribution is 2.72. The number of ketones is 2. The number of carbonyl (C=O) groups is 3. The molecular formula is C57H84O27S. The summed E-state index contributed by atoms with van der Waals surface area (Å²) >= 11 is 0. The average molecular weight is 1230 g/mol. The Hall–Kier alpha value is -2.08. The number of carbonyl (C=O) groups excluding carboxylic acids is 3. The highest BCUT2D eigenvalue weighted by molar-refractivity contribution is 7.81. The summed E-state index contributed by atoms with van der Waals surface area (Å²) in [5.74, 6) is -10.9. The first-order valence-electron chi connectivity index (χ1n) is 30.7. The molecule has 12 saturated carbocycles. The first-order valence-corrected chi connectivity index (χ1v) is 32.1. The van der Waals surface area contributed by atoms with E-state index in [0.29, 0.717) is 57.8 Å². The maximum absolute atomic E-state index is 18.3. The van der Waals surface area contributed by atoms with Gasteiger partial charge in [-0.05, 0) is 169 Å². The number of aliphatic hydroxyl groups excluding tert-OH is 13. The largest absolute Gasteiger partial charge is 0.441 e. The van der Waals surface area contributed by atoms with Crippen molar-refractivity contribution < 1.29 is 131 Å². The fraction of sp³-hybridized carbons (Fsp3) is 0.947. The zero-order chi connectivity index (χ0) is 60.7. The second-order valence-electron chi connectivity index (χ2n) is 29.1. The second-order valence-corrected chi connectivity index (χ2v) is 30.1. The molecule has 4 aliphatic heterocycles. The molecule has 85 heavy (non-hydrogen) atoms. The molecular weight excluding hydrogens is 1150 g/mol.